The Kier molecular flexibility index (Phi) is 2.65. The zero-order valence-corrected chi connectivity index (χ0v) is 11.0. The van der Waals surface area contributed by atoms with Gasteiger partial charge in [0.1, 0.15) is 0 Å². The number of imidazole rings is 1. The minimum atomic E-state index is 0.595. The highest BCUT2D eigenvalue weighted by atomic mass is 32.1. The molecule has 1 N–H and O–H groups in total. The minimum Gasteiger partial charge on any atom is -0.329 e. The molecule has 0 unspecified atom stereocenters. The van der Waals surface area contributed by atoms with Gasteiger partial charge in [0.2, 0.25) is 0 Å². The van der Waals surface area contributed by atoms with E-state index in [9.17, 15) is 0 Å². The van der Waals surface area contributed by atoms with Crippen LogP contribution in [0.2, 0.25) is 0 Å². The number of hydrogen-bond acceptors (Lipinski definition) is 3. The molecule has 0 saturated carbocycles. The average molecular weight is 266 g/mol. The molecule has 0 atom stereocenters. The van der Waals surface area contributed by atoms with Gasteiger partial charge in [-0.1, -0.05) is 0 Å². The van der Waals surface area contributed by atoms with E-state index in [1.54, 1.807) is 12.1 Å². The van der Waals surface area contributed by atoms with E-state index < -0.39 is 0 Å². The first kappa shape index (κ1) is 11.6. The number of pyridine rings is 1. The number of aryl methyl sites for hydroxylation is 1. The summed E-state index contributed by atoms with van der Waals surface area (Å²) in [7, 11) is 0. The predicted octanol–water partition coefficient (Wildman–Crippen LogP) is 3.26. The van der Waals surface area contributed by atoms with Gasteiger partial charge in [0, 0.05) is 11.4 Å². The van der Waals surface area contributed by atoms with Gasteiger partial charge in [-0.3, -0.25) is 4.57 Å². The van der Waals surface area contributed by atoms with Crippen LogP contribution in [0, 0.1) is 23.0 Å². The molecular weight excluding hydrogens is 256 g/mol. The summed E-state index contributed by atoms with van der Waals surface area (Å²) in [4.78, 5) is 7.65. The summed E-state index contributed by atoms with van der Waals surface area (Å²) in [5.41, 5.74) is 4.16. The van der Waals surface area contributed by atoms with Gasteiger partial charge in [-0.05, 0) is 55.5 Å². The van der Waals surface area contributed by atoms with Crippen molar-refractivity contribution in [3.8, 4) is 11.8 Å². The lowest BCUT2D eigenvalue weighted by molar-refractivity contribution is 1.04. The Labute approximate surface area is 115 Å². The number of nitriles is 1. The first-order valence-corrected chi connectivity index (χ1v) is 6.19. The Balaban J connectivity index is 2.29. The molecule has 0 fully saturated rings. The van der Waals surface area contributed by atoms with Gasteiger partial charge in [-0.25, -0.2) is 4.98 Å². The molecule has 1 aromatic carbocycles. The highest BCUT2D eigenvalue weighted by Gasteiger charge is 2.07. The third-order valence-electron chi connectivity index (χ3n) is 2.93. The Hall–Kier alpha value is -2.45. The fourth-order valence-electron chi connectivity index (χ4n) is 2.00. The number of fused-ring (bicyclic) bond motifs is 1. The van der Waals surface area contributed by atoms with Crippen molar-refractivity contribution in [2.45, 2.75) is 6.92 Å². The van der Waals surface area contributed by atoms with Gasteiger partial charge in [0.15, 0.2) is 10.4 Å². The van der Waals surface area contributed by atoms with E-state index >= 15 is 0 Å². The van der Waals surface area contributed by atoms with Gasteiger partial charge in [-0.2, -0.15) is 5.26 Å². The van der Waals surface area contributed by atoms with Crippen molar-refractivity contribution < 1.29 is 0 Å². The van der Waals surface area contributed by atoms with E-state index in [0.29, 0.717) is 10.3 Å². The van der Waals surface area contributed by atoms with Crippen molar-refractivity contribution >= 4 is 23.4 Å². The fourth-order valence-corrected chi connectivity index (χ4v) is 2.30. The summed E-state index contributed by atoms with van der Waals surface area (Å²) < 4.78 is 2.47. The second-order valence-electron chi connectivity index (χ2n) is 4.25. The molecule has 4 nitrogen and oxygen atoms in total. The normalized spacial score (nSPS) is 10.5. The fraction of sp³-hybridized carbons (Fsp3) is 0.0714. The first-order valence-electron chi connectivity index (χ1n) is 5.78. The van der Waals surface area contributed by atoms with Crippen molar-refractivity contribution in [1.29, 1.82) is 5.26 Å². The van der Waals surface area contributed by atoms with Gasteiger partial charge < -0.3 is 4.98 Å². The van der Waals surface area contributed by atoms with Crippen LogP contribution in [0.4, 0.5) is 0 Å². The summed E-state index contributed by atoms with van der Waals surface area (Å²) in [5.74, 6) is 0. The molecule has 0 bridgehead atoms. The molecule has 5 heteroatoms. The molecule has 0 amide bonds. The summed E-state index contributed by atoms with van der Waals surface area (Å²) in [6.07, 6.45) is 0. The van der Waals surface area contributed by atoms with Crippen LogP contribution in [-0.2, 0) is 0 Å². The van der Waals surface area contributed by atoms with Crippen LogP contribution < -0.4 is 0 Å². The monoisotopic (exact) mass is 266 g/mol. The van der Waals surface area contributed by atoms with E-state index in [1.165, 1.54) is 0 Å². The Morgan fingerprint density at radius 1 is 1.21 bits per heavy atom. The molecular formula is C14H10N4S. The van der Waals surface area contributed by atoms with Crippen LogP contribution in [0.5, 0.6) is 0 Å². The molecule has 0 aliphatic carbocycles. The summed E-state index contributed by atoms with van der Waals surface area (Å²) >= 11 is 5.34. The van der Waals surface area contributed by atoms with E-state index in [4.69, 9.17) is 17.5 Å². The molecule has 3 rings (SSSR count). The standard InChI is InChI=1S/C14H10N4S/c1-9-2-7-12-13(16-9)18(14(19)17-12)11-5-3-10(8-15)4-6-11/h2-7H,1H3,(H,17,19). The van der Waals surface area contributed by atoms with Gasteiger partial charge in [0.05, 0.1) is 17.1 Å². The van der Waals surface area contributed by atoms with E-state index in [2.05, 4.69) is 16.0 Å². The van der Waals surface area contributed by atoms with E-state index in [0.717, 1.165) is 22.5 Å². The summed E-state index contributed by atoms with van der Waals surface area (Å²) in [6, 6.07) is 13.3. The molecule has 0 aliphatic heterocycles. The number of nitrogens with zero attached hydrogens (tertiary/aromatic N) is 3. The maximum absolute atomic E-state index is 8.83. The number of benzene rings is 1. The van der Waals surface area contributed by atoms with Gasteiger partial charge in [-0.15, -0.1) is 0 Å². The number of aromatic nitrogens is 3. The molecule has 0 saturated heterocycles. The van der Waals surface area contributed by atoms with Crippen LogP contribution in [0.1, 0.15) is 11.3 Å². The van der Waals surface area contributed by atoms with Crippen molar-refractivity contribution in [2.24, 2.45) is 0 Å². The SMILES string of the molecule is Cc1ccc2[nH]c(=S)n(-c3ccc(C#N)cc3)c2n1. The summed E-state index contributed by atoms with van der Waals surface area (Å²) in [6.45, 7) is 1.94. The molecule has 0 spiro atoms. The Morgan fingerprint density at radius 2 is 1.95 bits per heavy atom. The smallest absolute Gasteiger partial charge is 0.183 e. The molecule has 0 aliphatic rings. The van der Waals surface area contributed by atoms with Crippen LogP contribution in [0.3, 0.4) is 0 Å². The lowest BCUT2D eigenvalue weighted by Gasteiger charge is -2.04. The van der Waals surface area contributed by atoms with Crippen molar-refractivity contribution in [1.82, 2.24) is 14.5 Å². The van der Waals surface area contributed by atoms with Crippen molar-refractivity contribution in [3.63, 3.8) is 0 Å². The van der Waals surface area contributed by atoms with Crippen LogP contribution in [0.15, 0.2) is 36.4 Å². The number of rotatable bonds is 1. The Morgan fingerprint density at radius 3 is 2.63 bits per heavy atom. The topological polar surface area (TPSA) is 57.4 Å². The van der Waals surface area contributed by atoms with Crippen molar-refractivity contribution in [3.05, 3.63) is 52.4 Å². The maximum atomic E-state index is 8.83. The number of hydrogen-bond donors (Lipinski definition) is 1. The third-order valence-corrected chi connectivity index (χ3v) is 3.21. The maximum Gasteiger partial charge on any atom is 0.183 e. The Bertz CT molecular complexity index is 850. The third kappa shape index (κ3) is 1.92. The molecule has 3 aromatic rings. The molecule has 2 heterocycles. The average Bonchev–Trinajstić information content (AvgIpc) is 2.74. The molecule has 92 valence electrons. The number of H-pyrrole nitrogens is 1. The first-order chi connectivity index (χ1) is 9.19. The van der Waals surface area contributed by atoms with Crippen LogP contribution >= 0.6 is 12.2 Å². The van der Waals surface area contributed by atoms with Crippen LogP contribution in [0.25, 0.3) is 16.9 Å². The zero-order chi connectivity index (χ0) is 13.4. The second kappa shape index (κ2) is 4.34. The second-order valence-corrected chi connectivity index (χ2v) is 4.63. The summed E-state index contributed by atoms with van der Waals surface area (Å²) in [5, 5.41) is 8.83. The molecule has 0 radical (unpaired) electrons. The number of aromatic amines is 1. The van der Waals surface area contributed by atoms with Crippen LogP contribution in [-0.4, -0.2) is 14.5 Å². The lowest BCUT2D eigenvalue weighted by Crippen LogP contribution is -1.96. The van der Waals surface area contributed by atoms with E-state index in [-0.39, 0.29) is 0 Å². The number of nitrogens with one attached hydrogen (secondary N) is 1. The van der Waals surface area contributed by atoms with Gasteiger partial charge in [0.25, 0.3) is 0 Å². The minimum absolute atomic E-state index is 0.595. The van der Waals surface area contributed by atoms with E-state index in [1.807, 2.05) is 35.8 Å². The highest BCUT2D eigenvalue weighted by Crippen LogP contribution is 2.18. The van der Waals surface area contributed by atoms with Crippen molar-refractivity contribution in [2.75, 3.05) is 0 Å². The van der Waals surface area contributed by atoms with Gasteiger partial charge >= 0.3 is 0 Å². The lowest BCUT2D eigenvalue weighted by atomic mass is 10.2. The highest BCUT2D eigenvalue weighted by molar-refractivity contribution is 7.71. The quantitative estimate of drug-likeness (QED) is 0.688. The molecule has 2 aromatic heterocycles. The zero-order valence-electron chi connectivity index (χ0n) is 10.2. The largest absolute Gasteiger partial charge is 0.329 e. The molecule has 19 heavy (non-hydrogen) atoms. The predicted molar refractivity (Wildman–Crippen MR) is 75.7 cm³/mol.